The van der Waals surface area contributed by atoms with Crippen LogP contribution in [0, 0.1) is 0 Å². The van der Waals surface area contributed by atoms with E-state index < -0.39 is 0 Å². The van der Waals surface area contributed by atoms with Crippen LogP contribution < -0.4 is 14.8 Å². The molecule has 0 bridgehead atoms. The molecule has 21 heavy (non-hydrogen) atoms. The smallest absolute Gasteiger partial charge is 0.224 e. The Bertz CT molecular complexity index is 639. The Balaban J connectivity index is 1.64. The van der Waals surface area contributed by atoms with Crippen molar-refractivity contribution in [2.24, 2.45) is 0 Å². The predicted octanol–water partition coefficient (Wildman–Crippen LogP) is 2.56. The fraction of sp³-hybridized carbons (Fsp3) is 0.267. The third kappa shape index (κ3) is 3.31. The van der Waals surface area contributed by atoms with Crippen molar-refractivity contribution < 1.29 is 18.7 Å². The standard InChI is InChI=1S/C15H14ClNO4/c16-12-6-10(7-13-15(12)21-5-4-20-13)8-14(18)17-9-11-2-1-3-19-11/h1-3,6-7H,4-5,8-9H2,(H,17,18). The molecule has 1 aromatic carbocycles. The number of benzene rings is 1. The topological polar surface area (TPSA) is 60.7 Å². The van der Waals surface area contributed by atoms with Gasteiger partial charge in [0.25, 0.3) is 0 Å². The molecule has 1 amide bonds. The van der Waals surface area contributed by atoms with Crippen molar-refractivity contribution in [1.29, 1.82) is 0 Å². The third-order valence-corrected chi connectivity index (χ3v) is 3.34. The fourth-order valence-corrected chi connectivity index (χ4v) is 2.40. The molecule has 0 saturated carbocycles. The van der Waals surface area contributed by atoms with Gasteiger partial charge in [0, 0.05) is 0 Å². The number of carbonyl (C=O) groups is 1. The molecule has 0 fully saturated rings. The van der Waals surface area contributed by atoms with Gasteiger partial charge in [-0.3, -0.25) is 4.79 Å². The van der Waals surface area contributed by atoms with Gasteiger partial charge in [0.1, 0.15) is 19.0 Å². The summed E-state index contributed by atoms with van der Waals surface area (Å²) in [5.74, 6) is 1.73. The molecule has 0 spiro atoms. The molecule has 0 radical (unpaired) electrons. The van der Waals surface area contributed by atoms with Crippen LogP contribution in [0.15, 0.2) is 34.9 Å². The molecule has 0 saturated heterocycles. The van der Waals surface area contributed by atoms with Gasteiger partial charge in [-0.25, -0.2) is 0 Å². The van der Waals surface area contributed by atoms with Gasteiger partial charge in [-0.2, -0.15) is 0 Å². The molecule has 1 aromatic heterocycles. The molecule has 0 atom stereocenters. The molecule has 1 aliphatic heterocycles. The average Bonchev–Trinajstić information content (AvgIpc) is 2.98. The Labute approximate surface area is 126 Å². The van der Waals surface area contributed by atoms with Crippen LogP contribution in [0.3, 0.4) is 0 Å². The van der Waals surface area contributed by atoms with Crippen LogP contribution in [0.4, 0.5) is 0 Å². The van der Waals surface area contributed by atoms with Crippen molar-refractivity contribution in [2.75, 3.05) is 13.2 Å². The zero-order chi connectivity index (χ0) is 14.7. The minimum Gasteiger partial charge on any atom is -0.486 e. The van der Waals surface area contributed by atoms with E-state index in [2.05, 4.69) is 5.32 Å². The van der Waals surface area contributed by atoms with Gasteiger partial charge in [-0.1, -0.05) is 11.6 Å². The average molecular weight is 308 g/mol. The number of nitrogens with one attached hydrogen (secondary N) is 1. The summed E-state index contributed by atoms with van der Waals surface area (Å²) in [6, 6.07) is 7.09. The second-order valence-electron chi connectivity index (χ2n) is 4.63. The van der Waals surface area contributed by atoms with E-state index in [0.29, 0.717) is 42.0 Å². The number of hydrogen-bond acceptors (Lipinski definition) is 4. The molecular weight excluding hydrogens is 294 g/mol. The Kier molecular flexibility index (Phi) is 4.01. The summed E-state index contributed by atoms with van der Waals surface area (Å²) in [5, 5.41) is 3.24. The second kappa shape index (κ2) is 6.10. The molecule has 1 aliphatic rings. The second-order valence-corrected chi connectivity index (χ2v) is 5.04. The molecule has 110 valence electrons. The van der Waals surface area contributed by atoms with E-state index in [0.717, 1.165) is 5.56 Å². The van der Waals surface area contributed by atoms with Crippen LogP contribution in [0.25, 0.3) is 0 Å². The van der Waals surface area contributed by atoms with Gasteiger partial charge in [0.15, 0.2) is 11.5 Å². The summed E-state index contributed by atoms with van der Waals surface area (Å²) in [7, 11) is 0. The van der Waals surface area contributed by atoms with Crippen molar-refractivity contribution in [3.8, 4) is 11.5 Å². The highest BCUT2D eigenvalue weighted by Gasteiger charge is 2.17. The maximum atomic E-state index is 11.9. The molecular formula is C15H14ClNO4. The molecule has 5 nitrogen and oxygen atoms in total. The maximum Gasteiger partial charge on any atom is 0.224 e. The largest absolute Gasteiger partial charge is 0.486 e. The van der Waals surface area contributed by atoms with Gasteiger partial charge in [-0.05, 0) is 29.8 Å². The highest BCUT2D eigenvalue weighted by molar-refractivity contribution is 6.32. The van der Waals surface area contributed by atoms with Crippen LogP contribution in [-0.2, 0) is 17.8 Å². The molecule has 3 rings (SSSR count). The van der Waals surface area contributed by atoms with Gasteiger partial charge < -0.3 is 19.2 Å². The number of fused-ring (bicyclic) bond motifs is 1. The van der Waals surface area contributed by atoms with Crippen LogP contribution in [-0.4, -0.2) is 19.1 Å². The summed E-state index contributed by atoms with van der Waals surface area (Å²) >= 11 is 6.14. The molecule has 1 N–H and O–H groups in total. The highest BCUT2D eigenvalue weighted by atomic mass is 35.5. The summed E-state index contributed by atoms with van der Waals surface area (Å²) in [4.78, 5) is 11.9. The molecule has 0 aliphatic carbocycles. The lowest BCUT2D eigenvalue weighted by Gasteiger charge is -2.20. The maximum absolute atomic E-state index is 11.9. The van der Waals surface area contributed by atoms with E-state index >= 15 is 0 Å². The minimum atomic E-state index is -0.112. The van der Waals surface area contributed by atoms with Crippen LogP contribution in [0.1, 0.15) is 11.3 Å². The van der Waals surface area contributed by atoms with Gasteiger partial charge in [0.2, 0.25) is 5.91 Å². The Morgan fingerprint density at radius 2 is 2.14 bits per heavy atom. The first kappa shape index (κ1) is 13.8. The minimum absolute atomic E-state index is 0.112. The summed E-state index contributed by atoms with van der Waals surface area (Å²) in [6.07, 6.45) is 1.79. The predicted molar refractivity (Wildman–Crippen MR) is 76.7 cm³/mol. The van der Waals surface area contributed by atoms with Crippen molar-refractivity contribution >= 4 is 17.5 Å². The number of amides is 1. The lowest BCUT2D eigenvalue weighted by Crippen LogP contribution is -2.24. The van der Waals surface area contributed by atoms with E-state index in [1.165, 1.54) is 0 Å². The molecule has 0 unspecified atom stereocenters. The number of furan rings is 1. The lowest BCUT2D eigenvalue weighted by atomic mass is 10.1. The summed E-state index contributed by atoms with van der Waals surface area (Å²) < 4.78 is 16.1. The monoisotopic (exact) mass is 307 g/mol. The van der Waals surface area contributed by atoms with E-state index in [-0.39, 0.29) is 12.3 Å². The van der Waals surface area contributed by atoms with E-state index in [4.69, 9.17) is 25.5 Å². The SMILES string of the molecule is O=C(Cc1cc(Cl)c2c(c1)OCCO2)NCc1ccco1. The zero-order valence-electron chi connectivity index (χ0n) is 11.2. The van der Waals surface area contributed by atoms with Crippen LogP contribution >= 0.6 is 11.6 Å². The number of ether oxygens (including phenoxy) is 2. The summed E-state index contributed by atoms with van der Waals surface area (Å²) in [6.45, 7) is 1.33. The van der Waals surface area contributed by atoms with Crippen molar-refractivity contribution in [3.63, 3.8) is 0 Å². The highest BCUT2D eigenvalue weighted by Crippen LogP contribution is 2.38. The van der Waals surface area contributed by atoms with Crippen LogP contribution in [0.5, 0.6) is 11.5 Å². The van der Waals surface area contributed by atoms with Gasteiger partial charge in [0.05, 0.1) is 24.3 Å². The van der Waals surface area contributed by atoms with E-state index in [9.17, 15) is 4.79 Å². The van der Waals surface area contributed by atoms with Crippen molar-refractivity contribution in [3.05, 3.63) is 46.9 Å². The zero-order valence-corrected chi connectivity index (χ0v) is 12.0. The number of hydrogen-bond donors (Lipinski definition) is 1. The van der Waals surface area contributed by atoms with Crippen molar-refractivity contribution in [2.45, 2.75) is 13.0 Å². The van der Waals surface area contributed by atoms with Crippen LogP contribution in [0.2, 0.25) is 5.02 Å². The molecule has 2 heterocycles. The Morgan fingerprint density at radius 1 is 1.29 bits per heavy atom. The van der Waals surface area contributed by atoms with Gasteiger partial charge in [-0.15, -0.1) is 0 Å². The quantitative estimate of drug-likeness (QED) is 0.943. The van der Waals surface area contributed by atoms with Gasteiger partial charge >= 0.3 is 0 Å². The number of rotatable bonds is 4. The first-order chi connectivity index (χ1) is 10.2. The molecule has 2 aromatic rings. The van der Waals surface area contributed by atoms with Crippen molar-refractivity contribution in [1.82, 2.24) is 5.32 Å². The Morgan fingerprint density at radius 3 is 2.95 bits per heavy atom. The summed E-state index contributed by atoms with van der Waals surface area (Å²) in [5.41, 5.74) is 0.779. The number of halogens is 1. The first-order valence-electron chi connectivity index (χ1n) is 6.59. The first-order valence-corrected chi connectivity index (χ1v) is 6.97. The van der Waals surface area contributed by atoms with E-state index in [1.807, 2.05) is 0 Å². The number of carbonyl (C=O) groups excluding carboxylic acids is 1. The molecule has 6 heteroatoms. The fourth-order valence-electron chi connectivity index (χ4n) is 2.11. The lowest BCUT2D eigenvalue weighted by molar-refractivity contribution is -0.120. The third-order valence-electron chi connectivity index (χ3n) is 3.06. The normalized spacial score (nSPS) is 13.0. The Hall–Kier alpha value is -2.14. The van der Waals surface area contributed by atoms with E-state index in [1.54, 1.807) is 30.5 Å².